The van der Waals surface area contributed by atoms with Crippen LogP contribution in [0.15, 0.2) is 87.4 Å². The highest BCUT2D eigenvalue weighted by Crippen LogP contribution is 2.56. The lowest BCUT2D eigenvalue weighted by molar-refractivity contribution is -0.0592. The summed E-state index contributed by atoms with van der Waals surface area (Å²) in [6.07, 6.45) is 9.19. The second-order valence-corrected chi connectivity index (χ2v) is 18.6. The number of benzene rings is 3. The van der Waals surface area contributed by atoms with Crippen LogP contribution in [0.1, 0.15) is 96.6 Å². The molecule has 2 aliphatic heterocycles. The van der Waals surface area contributed by atoms with Crippen molar-refractivity contribution in [3.8, 4) is 17.2 Å². The van der Waals surface area contributed by atoms with Crippen molar-refractivity contribution >= 4 is 27.6 Å². The largest absolute Gasteiger partial charge is 0.438 e. The molecule has 3 atom stereocenters. The van der Waals surface area contributed by atoms with Gasteiger partial charge in [0.15, 0.2) is 11.6 Å². The minimum absolute atomic E-state index is 0.000782. The fourth-order valence-corrected chi connectivity index (χ4v) is 10.5. The van der Waals surface area contributed by atoms with Gasteiger partial charge in [-0.25, -0.2) is 23.1 Å². The molecule has 1 aliphatic carbocycles. The first-order valence-electron chi connectivity index (χ1n) is 22.0. The molecule has 3 aliphatic rings. The van der Waals surface area contributed by atoms with Gasteiger partial charge in [0.05, 0.1) is 41.6 Å². The first-order valence-corrected chi connectivity index (χ1v) is 22.0. The van der Waals surface area contributed by atoms with E-state index in [4.69, 9.17) is 14.4 Å². The molecule has 0 spiro atoms. The molecule has 0 radical (unpaired) electrons. The Morgan fingerprint density at radius 1 is 0.923 bits per heavy atom. The summed E-state index contributed by atoms with van der Waals surface area (Å²) < 4.78 is 48.6. The number of amides is 1. The highest BCUT2D eigenvalue weighted by molar-refractivity contribution is 5.99. The number of fused-ring (bicyclic) bond motifs is 3. The van der Waals surface area contributed by atoms with Gasteiger partial charge in [-0.2, -0.15) is 15.3 Å². The van der Waals surface area contributed by atoms with Crippen LogP contribution in [0.25, 0.3) is 38.9 Å². The number of aromatic amines is 1. The number of hydrogen-bond donors (Lipinski definition) is 1. The van der Waals surface area contributed by atoms with Crippen LogP contribution in [0, 0.1) is 31.4 Å². The van der Waals surface area contributed by atoms with Crippen LogP contribution in [0.5, 0.6) is 0 Å². The molecule has 0 bridgehead atoms. The third-order valence-electron chi connectivity index (χ3n) is 13.8. The molecular weight excluding hydrogens is 835 g/mol. The van der Waals surface area contributed by atoms with Crippen LogP contribution >= 0.6 is 0 Å². The smallest absolute Gasteiger partial charge is 0.376 e. The van der Waals surface area contributed by atoms with E-state index in [9.17, 15) is 9.59 Å². The number of aromatic nitrogens is 9. The molecule has 3 aromatic carbocycles. The van der Waals surface area contributed by atoms with Crippen LogP contribution < -0.4 is 11.4 Å². The van der Waals surface area contributed by atoms with E-state index in [-0.39, 0.29) is 46.8 Å². The number of ether oxygens (including phenoxy) is 1. The number of aryl methyl sites for hydroxylation is 3. The third-order valence-corrected chi connectivity index (χ3v) is 13.8. The van der Waals surface area contributed by atoms with Gasteiger partial charge in [0.25, 0.3) is 5.91 Å². The number of halogens is 2. The monoisotopic (exact) mass is 880 g/mol. The van der Waals surface area contributed by atoms with Crippen molar-refractivity contribution < 1.29 is 22.8 Å². The summed E-state index contributed by atoms with van der Waals surface area (Å²) in [6.45, 7) is 10.7. The SMILES string of the molecule is Cc1cc(-n2nc3c(c2-n2ccn(-c4ccc5cnncc5c4F)c2=O)CN(C(=O)c2cc4cc([C@H]5CCOC(C)(C)C5)ccc4n2[C@@]2(c4noc(=O)[nH]4)C[C@@H]2C)CCC3)cc(C)c1F. The van der Waals surface area contributed by atoms with E-state index in [0.29, 0.717) is 83.2 Å². The highest BCUT2D eigenvalue weighted by Gasteiger charge is 2.59. The van der Waals surface area contributed by atoms with Crippen LogP contribution in [0.3, 0.4) is 0 Å². The van der Waals surface area contributed by atoms with Gasteiger partial charge in [0.2, 0.25) is 0 Å². The summed E-state index contributed by atoms with van der Waals surface area (Å²) in [4.78, 5) is 47.1. The van der Waals surface area contributed by atoms with Crippen LogP contribution in [0.2, 0.25) is 0 Å². The number of nitrogens with one attached hydrogen (secondary N) is 1. The van der Waals surface area contributed by atoms with Crippen LogP contribution in [-0.2, 0) is 23.2 Å². The first-order chi connectivity index (χ1) is 31.2. The standard InChI is InChI=1S/C48H46F2N10O5/c1-26-17-33(18-27(2)40(26)49)60-42(58-15-14-57(46(58)63)38-11-9-31-23-51-52-24-34(31)41(38)50)35-25-56(13-6-7-36(35)54-60)43(61)39-20-32-19-29(30-12-16-64-47(4,5)22-30)8-10-37(32)59(39)48(21-28(48)3)44-53-45(62)65-55-44/h8-11,14-15,17-20,23-24,28,30H,6-7,12-13,16,21-22,25H2,1-5H3,(H,53,55,62)/t28-,30-,48-/m0/s1. The second-order valence-electron chi connectivity index (χ2n) is 18.6. The maximum atomic E-state index is 16.1. The van der Waals surface area contributed by atoms with Crippen molar-refractivity contribution in [1.29, 1.82) is 0 Å². The first kappa shape index (κ1) is 40.7. The fourth-order valence-electron chi connectivity index (χ4n) is 10.5. The number of carbonyl (C=O) groups is 1. The molecular formula is C48H46F2N10O5. The Kier molecular flexibility index (Phi) is 9.26. The third kappa shape index (κ3) is 6.49. The molecule has 2 fully saturated rings. The Bertz CT molecular complexity index is 3350. The topological polar surface area (TPSA) is 164 Å². The second kappa shape index (κ2) is 14.8. The minimum Gasteiger partial charge on any atom is -0.376 e. The zero-order valence-electron chi connectivity index (χ0n) is 36.6. The van der Waals surface area contributed by atoms with Gasteiger partial charge < -0.3 is 14.2 Å². The van der Waals surface area contributed by atoms with E-state index >= 15 is 13.6 Å². The fraction of sp³-hybridized carbons (Fsp3) is 0.354. The van der Waals surface area contributed by atoms with Crippen molar-refractivity contribution in [2.45, 2.75) is 90.3 Å². The number of imidazole rings is 1. The van der Waals surface area contributed by atoms with E-state index in [1.54, 1.807) is 47.8 Å². The summed E-state index contributed by atoms with van der Waals surface area (Å²) in [5.41, 5.74) is 3.32. The zero-order chi connectivity index (χ0) is 45.1. The minimum atomic E-state index is -0.854. The average Bonchev–Trinajstić information content (AvgIpc) is 3.66. The summed E-state index contributed by atoms with van der Waals surface area (Å²) in [5, 5.41) is 18.6. The molecule has 0 unspecified atom stereocenters. The average molecular weight is 881 g/mol. The predicted octanol–water partition coefficient (Wildman–Crippen LogP) is 7.33. The maximum Gasteiger partial charge on any atom is 0.438 e. The molecule has 332 valence electrons. The number of hydrogen-bond acceptors (Lipinski definition) is 9. The Balaban J connectivity index is 1.05. The van der Waals surface area contributed by atoms with Gasteiger partial charge in [-0.15, -0.1) is 0 Å². The van der Waals surface area contributed by atoms with Crippen LogP contribution in [-0.4, -0.2) is 73.4 Å². The Labute approximate surface area is 370 Å². The van der Waals surface area contributed by atoms with E-state index < -0.39 is 22.8 Å². The predicted molar refractivity (Wildman–Crippen MR) is 236 cm³/mol. The van der Waals surface area contributed by atoms with E-state index in [1.165, 1.54) is 33.8 Å². The van der Waals surface area contributed by atoms with Crippen molar-refractivity contribution in [3.05, 3.63) is 145 Å². The van der Waals surface area contributed by atoms with Crippen LogP contribution in [0.4, 0.5) is 8.78 Å². The van der Waals surface area contributed by atoms with E-state index in [2.05, 4.69) is 59.3 Å². The highest BCUT2D eigenvalue weighted by atomic mass is 19.1. The zero-order valence-corrected chi connectivity index (χ0v) is 36.6. The summed E-state index contributed by atoms with van der Waals surface area (Å²) in [6, 6.07) is 14.8. The van der Waals surface area contributed by atoms with Crippen molar-refractivity contribution in [2.24, 2.45) is 5.92 Å². The van der Waals surface area contributed by atoms with Gasteiger partial charge in [-0.1, -0.05) is 24.2 Å². The number of nitrogens with zero attached hydrogens (tertiary/aromatic N) is 9. The number of H-pyrrole nitrogens is 1. The maximum absolute atomic E-state index is 16.1. The van der Waals surface area contributed by atoms with Gasteiger partial charge >= 0.3 is 11.4 Å². The van der Waals surface area contributed by atoms with Gasteiger partial charge in [0, 0.05) is 52.8 Å². The Hall–Kier alpha value is -7.01. The summed E-state index contributed by atoms with van der Waals surface area (Å²) in [5.74, 6) is -0.957. The molecule has 8 aromatic rings. The molecule has 1 N–H and O–H groups in total. The molecule has 17 heteroatoms. The van der Waals surface area contributed by atoms with E-state index in [0.717, 1.165) is 29.3 Å². The van der Waals surface area contributed by atoms with Crippen molar-refractivity contribution in [1.82, 2.24) is 48.7 Å². The Morgan fingerprint density at radius 2 is 1.69 bits per heavy atom. The lowest BCUT2D eigenvalue weighted by Crippen LogP contribution is -2.35. The van der Waals surface area contributed by atoms with Gasteiger partial charge in [-0.05, 0) is 125 Å². The lowest BCUT2D eigenvalue weighted by Gasteiger charge is -2.35. The van der Waals surface area contributed by atoms with Gasteiger partial charge in [-0.3, -0.25) is 23.4 Å². The molecule has 5 aromatic heterocycles. The molecule has 1 saturated heterocycles. The quantitative estimate of drug-likeness (QED) is 0.173. The summed E-state index contributed by atoms with van der Waals surface area (Å²) >= 11 is 0. The van der Waals surface area contributed by atoms with Crippen molar-refractivity contribution in [2.75, 3.05) is 13.2 Å². The molecule has 65 heavy (non-hydrogen) atoms. The normalized spacial score (nSPS) is 20.6. The van der Waals surface area contributed by atoms with Crippen molar-refractivity contribution in [3.63, 3.8) is 0 Å². The number of carbonyl (C=O) groups excluding carboxylic acids is 1. The summed E-state index contributed by atoms with van der Waals surface area (Å²) in [7, 11) is 0. The molecule has 11 rings (SSSR count). The molecule has 7 heterocycles. The molecule has 1 amide bonds. The Morgan fingerprint density at radius 3 is 2.43 bits per heavy atom. The molecule has 1 saturated carbocycles. The lowest BCUT2D eigenvalue weighted by atomic mass is 9.83. The molecule has 15 nitrogen and oxygen atoms in total. The number of rotatable bonds is 7. The van der Waals surface area contributed by atoms with E-state index in [1.807, 2.05) is 10.6 Å². The van der Waals surface area contributed by atoms with Gasteiger partial charge in [0.1, 0.15) is 22.9 Å².